The molecule has 2 fully saturated rings. The molecule has 2 heterocycles. The zero-order valence-electron chi connectivity index (χ0n) is 8.95. The van der Waals surface area contributed by atoms with Crippen LogP contribution in [0.4, 0.5) is 0 Å². The van der Waals surface area contributed by atoms with Crippen LogP contribution in [0.5, 0.6) is 0 Å². The zero-order chi connectivity index (χ0) is 9.64. The van der Waals surface area contributed by atoms with Gasteiger partial charge in [0, 0.05) is 12.1 Å². The van der Waals surface area contributed by atoms with Crippen molar-refractivity contribution in [1.82, 2.24) is 4.90 Å². The van der Waals surface area contributed by atoms with E-state index in [1.165, 1.54) is 25.7 Å². The van der Waals surface area contributed by atoms with E-state index in [1.807, 2.05) is 13.8 Å². The number of piperidine rings is 1. The molecule has 2 atom stereocenters. The lowest BCUT2D eigenvalue weighted by Gasteiger charge is -2.41. The zero-order valence-corrected chi connectivity index (χ0v) is 8.95. The summed E-state index contributed by atoms with van der Waals surface area (Å²) in [7, 11) is 2.24. The van der Waals surface area contributed by atoms with Crippen molar-refractivity contribution in [2.24, 2.45) is 5.92 Å². The van der Waals surface area contributed by atoms with Gasteiger partial charge in [-0.3, -0.25) is 0 Å². The molecular formula is C11H21NO. The van der Waals surface area contributed by atoms with Crippen molar-refractivity contribution in [2.45, 2.75) is 57.2 Å². The van der Waals surface area contributed by atoms with E-state index in [1.54, 1.807) is 0 Å². The lowest BCUT2D eigenvalue weighted by atomic mass is 9.80. The standard InChI is InChI=1S/C11H21NO/c1-11(2,13)8-6-9-4-5-10(7-8)12(9)3/h8-10,13H,4-7H2,1-3H3. The Morgan fingerprint density at radius 2 is 1.62 bits per heavy atom. The van der Waals surface area contributed by atoms with Crippen LogP contribution in [-0.4, -0.2) is 34.7 Å². The molecule has 13 heavy (non-hydrogen) atoms. The van der Waals surface area contributed by atoms with Crippen LogP contribution in [0, 0.1) is 5.92 Å². The average Bonchev–Trinajstić information content (AvgIpc) is 2.29. The Labute approximate surface area is 80.9 Å². The smallest absolute Gasteiger partial charge is 0.0620 e. The molecule has 0 radical (unpaired) electrons. The summed E-state index contributed by atoms with van der Waals surface area (Å²) in [6, 6.07) is 1.49. The fraction of sp³-hybridized carbons (Fsp3) is 1.00. The first-order valence-electron chi connectivity index (χ1n) is 5.43. The van der Waals surface area contributed by atoms with Crippen molar-refractivity contribution in [2.75, 3.05) is 7.05 Å². The minimum atomic E-state index is -0.470. The largest absolute Gasteiger partial charge is 0.390 e. The van der Waals surface area contributed by atoms with Gasteiger partial charge in [-0.2, -0.15) is 0 Å². The number of aliphatic hydroxyl groups is 1. The maximum atomic E-state index is 9.97. The molecule has 2 unspecified atom stereocenters. The number of nitrogens with zero attached hydrogens (tertiary/aromatic N) is 1. The van der Waals surface area contributed by atoms with Crippen LogP contribution in [0.25, 0.3) is 0 Å². The quantitative estimate of drug-likeness (QED) is 0.668. The Balaban J connectivity index is 2.07. The van der Waals surface area contributed by atoms with Crippen molar-refractivity contribution < 1.29 is 5.11 Å². The van der Waals surface area contributed by atoms with E-state index in [0.29, 0.717) is 5.92 Å². The van der Waals surface area contributed by atoms with Gasteiger partial charge in [-0.25, -0.2) is 0 Å². The summed E-state index contributed by atoms with van der Waals surface area (Å²) in [5.41, 5.74) is -0.470. The van der Waals surface area contributed by atoms with Gasteiger partial charge in [-0.15, -0.1) is 0 Å². The highest BCUT2D eigenvalue weighted by molar-refractivity contribution is 4.97. The molecule has 0 aliphatic carbocycles. The highest BCUT2D eigenvalue weighted by Gasteiger charge is 2.42. The highest BCUT2D eigenvalue weighted by atomic mass is 16.3. The van der Waals surface area contributed by atoms with Gasteiger partial charge in [-0.1, -0.05) is 0 Å². The van der Waals surface area contributed by atoms with E-state index in [2.05, 4.69) is 11.9 Å². The van der Waals surface area contributed by atoms with Gasteiger partial charge in [0.15, 0.2) is 0 Å². The predicted molar refractivity (Wildman–Crippen MR) is 53.6 cm³/mol. The third kappa shape index (κ3) is 1.62. The number of hydrogen-bond acceptors (Lipinski definition) is 2. The minimum absolute atomic E-state index is 0.470. The minimum Gasteiger partial charge on any atom is -0.390 e. The summed E-state index contributed by atoms with van der Waals surface area (Å²) in [6.45, 7) is 3.92. The Kier molecular flexibility index (Phi) is 2.16. The second-order valence-corrected chi connectivity index (χ2v) is 5.37. The van der Waals surface area contributed by atoms with E-state index in [0.717, 1.165) is 12.1 Å². The molecule has 2 aliphatic heterocycles. The van der Waals surface area contributed by atoms with Crippen LogP contribution in [0.15, 0.2) is 0 Å². The van der Waals surface area contributed by atoms with Crippen LogP contribution in [0.2, 0.25) is 0 Å². The lowest BCUT2D eigenvalue weighted by Crippen LogP contribution is -2.46. The van der Waals surface area contributed by atoms with Crippen molar-refractivity contribution >= 4 is 0 Å². The van der Waals surface area contributed by atoms with Crippen molar-refractivity contribution in [3.8, 4) is 0 Å². The maximum Gasteiger partial charge on any atom is 0.0620 e. The Morgan fingerprint density at radius 3 is 2.00 bits per heavy atom. The van der Waals surface area contributed by atoms with E-state index < -0.39 is 5.60 Å². The summed E-state index contributed by atoms with van der Waals surface area (Å²) in [6.07, 6.45) is 5.06. The molecule has 0 amide bonds. The summed E-state index contributed by atoms with van der Waals surface area (Å²) in [4.78, 5) is 2.52. The molecule has 76 valence electrons. The van der Waals surface area contributed by atoms with Crippen LogP contribution >= 0.6 is 0 Å². The van der Waals surface area contributed by atoms with Gasteiger partial charge in [0.05, 0.1) is 5.60 Å². The first-order valence-corrected chi connectivity index (χ1v) is 5.43. The normalized spacial score (nSPS) is 41.1. The van der Waals surface area contributed by atoms with Gasteiger partial charge in [-0.05, 0) is 52.5 Å². The molecular weight excluding hydrogens is 162 g/mol. The van der Waals surface area contributed by atoms with Crippen LogP contribution in [0.3, 0.4) is 0 Å². The van der Waals surface area contributed by atoms with Crippen molar-refractivity contribution in [3.63, 3.8) is 0 Å². The van der Waals surface area contributed by atoms with Gasteiger partial charge in [0.2, 0.25) is 0 Å². The van der Waals surface area contributed by atoms with E-state index in [4.69, 9.17) is 0 Å². The SMILES string of the molecule is CN1C2CCC1CC(C(C)(C)O)C2. The van der Waals surface area contributed by atoms with Gasteiger partial charge in [0.25, 0.3) is 0 Å². The molecule has 2 rings (SSSR count). The number of rotatable bonds is 1. The van der Waals surface area contributed by atoms with Crippen LogP contribution in [-0.2, 0) is 0 Å². The molecule has 2 saturated heterocycles. The van der Waals surface area contributed by atoms with E-state index >= 15 is 0 Å². The summed E-state index contributed by atoms with van der Waals surface area (Å²) >= 11 is 0. The molecule has 0 saturated carbocycles. The third-order valence-electron chi connectivity index (χ3n) is 4.10. The molecule has 0 aromatic carbocycles. The van der Waals surface area contributed by atoms with E-state index in [-0.39, 0.29) is 0 Å². The second kappa shape index (κ2) is 2.96. The maximum absolute atomic E-state index is 9.97. The Bertz CT molecular complexity index is 183. The van der Waals surface area contributed by atoms with Crippen molar-refractivity contribution in [3.05, 3.63) is 0 Å². The fourth-order valence-electron chi connectivity index (χ4n) is 2.99. The third-order valence-corrected chi connectivity index (χ3v) is 4.10. The Hall–Kier alpha value is -0.0800. The molecule has 2 nitrogen and oxygen atoms in total. The topological polar surface area (TPSA) is 23.5 Å². The summed E-state index contributed by atoms with van der Waals surface area (Å²) in [5, 5.41) is 9.97. The van der Waals surface area contributed by atoms with E-state index in [9.17, 15) is 5.11 Å². The molecule has 0 aromatic heterocycles. The molecule has 0 spiro atoms. The molecule has 1 N–H and O–H groups in total. The first-order chi connectivity index (χ1) is 5.98. The summed E-state index contributed by atoms with van der Waals surface area (Å²) < 4.78 is 0. The van der Waals surface area contributed by atoms with Crippen molar-refractivity contribution in [1.29, 1.82) is 0 Å². The monoisotopic (exact) mass is 183 g/mol. The van der Waals surface area contributed by atoms with Crippen LogP contribution < -0.4 is 0 Å². The predicted octanol–water partition coefficient (Wildman–Crippen LogP) is 1.63. The second-order valence-electron chi connectivity index (χ2n) is 5.37. The van der Waals surface area contributed by atoms with Gasteiger partial charge in [0.1, 0.15) is 0 Å². The Morgan fingerprint density at radius 1 is 1.15 bits per heavy atom. The average molecular weight is 183 g/mol. The summed E-state index contributed by atoms with van der Waals surface area (Å²) in [5.74, 6) is 0.515. The highest BCUT2D eigenvalue weighted by Crippen LogP contribution is 2.41. The fourth-order valence-corrected chi connectivity index (χ4v) is 2.99. The first kappa shape index (κ1) is 9.47. The van der Waals surface area contributed by atoms with Gasteiger partial charge >= 0.3 is 0 Å². The molecule has 0 aromatic rings. The number of fused-ring (bicyclic) bond motifs is 2. The number of hydrogen-bond donors (Lipinski definition) is 1. The van der Waals surface area contributed by atoms with Crippen LogP contribution in [0.1, 0.15) is 39.5 Å². The molecule has 2 heteroatoms. The molecule has 2 bridgehead atoms. The molecule has 2 aliphatic rings. The lowest BCUT2D eigenvalue weighted by molar-refractivity contribution is -0.0269. The van der Waals surface area contributed by atoms with Gasteiger partial charge < -0.3 is 10.0 Å².